The molecule has 69 heavy (non-hydrogen) atoms. The summed E-state index contributed by atoms with van der Waals surface area (Å²) in [7, 11) is 0. The van der Waals surface area contributed by atoms with Crippen LogP contribution >= 0.6 is 0 Å². The zero-order valence-electron chi connectivity index (χ0n) is 45.0. The van der Waals surface area contributed by atoms with Gasteiger partial charge in [-0.05, 0) is 122 Å². The number of esters is 3. The Kier molecular flexibility index (Phi) is 53.9. The molecule has 0 aromatic carbocycles. The van der Waals surface area contributed by atoms with Gasteiger partial charge in [0.15, 0.2) is 6.10 Å². The van der Waals surface area contributed by atoms with Gasteiger partial charge in [0.05, 0.1) is 0 Å². The molecule has 0 N–H and O–H groups in total. The van der Waals surface area contributed by atoms with Crippen LogP contribution in [0.15, 0.2) is 97.2 Å². The van der Waals surface area contributed by atoms with E-state index in [1.165, 1.54) is 116 Å². The van der Waals surface area contributed by atoms with Gasteiger partial charge in [0.1, 0.15) is 13.2 Å². The fraction of sp³-hybridized carbons (Fsp3) is 0.698. The molecule has 0 saturated heterocycles. The van der Waals surface area contributed by atoms with Crippen LogP contribution in [0.3, 0.4) is 0 Å². The molecular weight excluding hydrogens is 853 g/mol. The Labute approximate surface area is 426 Å². The maximum Gasteiger partial charge on any atom is 0.306 e. The molecule has 0 saturated carbocycles. The van der Waals surface area contributed by atoms with Crippen molar-refractivity contribution in [1.82, 2.24) is 0 Å². The second-order valence-corrected chi connectivity index (χ2v) is 18.8. The van der Waals surface area contributed by atoms with Crippen molar-refractivity contribution < 1.29 is 28.6 Å². The lowest BCUT2D eigenvalue weighted by atomic mass is 10.1. The van der Waals surface area contributed by atoms with Crippen LogP contribution in [0.4, 0.5) is 0 Å². The number of allylic oxidation sites excluding steroid dienone is 16. The molecule has 394 valence electrons. The Morgan fingerprint density at radius 2 is 0.536 bits per heavy atom. The van der Waals surface area contributed by atoms with Crippen LogP contribution < -0.4 is 0 Å². The summed E-state index contributed by atoms with van der Waals surface area (Å²) in [5.41, 5.74) is 0. The van der Waals surface area contributed by atoms with Crippen LogP contribution in [0.2, 0.25) is 0 Å². The maximum atomic E-state index is 12.8. The van der Waals surface area contributed by atoms with Gasteiger partial charge in [-0.15, -0.1) is 0 Å². The van der Waals surface area contributed by atoms with Gasteiger partial charge in [0.2, 0.25) is 0 Å². The number of ether oxygens (including phenoxy) is 3. The molecule has 0 aliphatic heterocycles. The van der Waals surface area contributed by atoms with E-state index in [-0.39, 0.29) is 37.5 Å². The third kappa shape index (κ3) is 55.1. The highest BCUT2D eigenvalue weighted by Gasteiger charge is 2.19. The number of hydrogen-bond donors (Lipinski definition) is 0. The van der Waals surface area contributed by atoms with E-state index >= 15 is 0 Å². The quantitative estimate of drug-likeness (QED) is 0.0262. The summed E-state index contributed by atoms with van der Waals surface area (Å²) in [6.07, 6.45) is 75.4. The molecule has 0 amide bonds. The number of rotatable bonds is 51. The molecule has 1 atom stereocenters. The van der Waals surface area contributed by atoms with Crippen molar-refractivity contribution in [3.8, 4) is 0 Å². The number of unbranched alkanes of at least 4 members (excludes halogenated alkanes) is 24. The van der Waals surface area contributed by atoms with Crippen molar-refractivity contribution in [2.45, 2.75) is 271 Å². The molecule has 6 nitrogen and oxygen atoms in total. The number of carbonyl (C=O) groups is 3. The average molecular weight is 960 g/mol. The second kappa shape index (κ2) is 56.9. The third-order valence-electron chi connectivity index (χ3n) is 12.0. The van der Waals surface area contributed by atoms with E-state index in [9.17, 15) is 14.4 Å². The SMILES string of the molecule is CCCCC/C=C\C/C=C\C/C=C\C/C=C\CCCC(=O)O[C@H](COC(=O)CCCCCCC/C=C\CCCCCCCC)COC(=O)CCCCCCCC/C=C\C/C=C\C/C=C\CCCCC. The van der Waals surface area contributed by atoms with Crippen molar-refractivity contribution in [3.63, 3.8) is 0 Å². The molecule has 0 aromatic rings. The van der Waals surface area contributed by atoms with Crippen LogP contribution in [0.1, 0.15) is 265 Å². The number of hydrogen-bond acceptors (Lipinski definition) is 6. The summed E-state index contributed by atoms with van der Waals surface area (Å²) in [6.45, 7) is 6.52. The summed E-state index contributed by atoms with van der Waals surface area (Å²) in [5.74, 6) is -0.983. The van der Waals surface area contributed by atoms with Crippen molar-refractivity contribution >= 4 is 17.9 Å². The molecule has 0 rings (SSSR count). The molecular formula is C63H106O6. The Balaban J connectivity index is 4.51. The highest BCUT2D eigenvalue weighted by molar-refractivity contribution is 5.71. The highest BCUT2D eigenvalue weighted by Crippen LogP contribution is 2.13. The summed E-state index contributed by atoms with van der Waals surface area (Å²) in [5, 5.41) is 0. The molecule has 0 fully saturated rings. The molecule has 0 radical (unpaired) electrons. The fourth-order valence-electron chi connectivity index (χ4n) is 7.67. The van der Waals surface area contributed by atoms with Gasteiger partial charge >= 0.3 is 17.9 Å². The minimum absolute atomic E-state index is 0.108. The third-order valence-corrected chi connectivity index (χ3v) is 12.0. The Hall–Kier alpha value is -3.67. The molecule has 0 aliphatic carbocycles. The molecule has 0 unspecified atom stereocenters. The lowest BCUT2D eigenvalue weighted by Gasteiger charge is -2.18. The highest BCUT2D eigenvalue weighted by atomic mass is 16.6. The molecule has 0 bridgehead atoms. The van der Waals surface area contributed by atoms with Crippen LogP contribution in [0.25, 0.3) is 0 Å². The van der Waals surface area contributed by atoms with Crippen LogP contribution in [-0.2, 0) is 28.6 Å². The normalized spacial score (nSPS) is 12.8. The van der Waals surface area contributed by atoms with Gasteiger partial charge in [-0.3, -0.25) is 14.4 Å². The number of carbonyl (C=O) groups excluding carboxylic acids is 3. The minimum Gasteiger partial charge on any atom is -0.462 e. The zero-order valence-corrected chi connectivity index (χ0v) is 45.0. The average Bonchev–Trinajstić information content (AvgIpc) is 3.35. The molecule has 0 heterocycles. The van der Waals surface area contributed by atoms with Gasteiger partial charge in [0.25, 0.3) is 0 Å². The van der Waals surface area contributed by atoms with E-state index in [1.54, 1.807) is 0 Å². The zero-order chi connectivity index (χ0) is 50.0. The van der Waals surface area contributed by atoms with Crippen molar-refractivity contribution in [3.05, 3.63) is 97.2 Å². The van der Waals surface area contributed by atoms with Gasteiger partial charge < -0.3 is 14.2 Å². The van der Waals surface area contributed by atoms with Crippen molar-refractivity contribution in [2.24, 2.45) is 0 Å². The van der Waals surface area contributed by atoms with Crippen LogP contribution in [0.5, 0.6) is 0 Å². The Morgan fingerprint density at radius 1 is 0.290 bits per heavy atom. The lowest BCUT2D eigenvalue weighted by molar-refractivity contribution is -0.167. The fourth-order valence-corrected chi connectivity index (χ4v) is 7.67. The summed E-state index contributed by atoms with van der Waals surface area (Å²) < 4.78 is 16.8. The predicted molar refractivity (Wildman–Crippen MR) is 297 cm³/mol. The van der Waals surface area contributed by atoms with E-state index in [1.807, 2.05) is 0 Å². The van der Waals surface area contributed by atoms with Crippen molar-refractivity contribution in [2.75, 3.05) is 13.2 Å². The first-order valence-electron chi connectivity index (χ1n) is 28.7. The topological polar surface area (TPSA) is 78.9 Å². The maximum absolute atomic E-state index is 12.8. The Bertz CT molecular complexity index is 1380. The standard InChI is InChI=1S/C63H106O6/c1-4-7-10-13-16-19-22-25-28-30-31-33-35-38-41-44-47-50-53-56-62(65)68-59-60(58-67-61(64)55-52-49-46-43-40-37-34-27-24-21-18-15-12-9-6-3)69-63(66)57-54-51-48-45-42-39-36-32-29-26-23-20-17-14-11-8-5-2/h16-17,19-20,25-29,31,33-34,36,39,45,48,60H,4-15,18,21-24,30,32,35,37-38,40-44,46-47,49-59H2,1-3H3/b19-16-,20-17-,28-25-,29-26-,33-31-,34-27-,39-36-,48-45-/t60-/m1/s1. The lowest BCUT2D eigenvalue weighted by Crippen LogP contribution is -2.30. The molecule has 0 aliphatic rings. The van der Waals surface area contributed by atoms with Crippen LogP contribution in [0, 0.1) is 0 Å². The van der Waals surface area contributed by atoms with Gasteiger partial charge in [-0.2, -0.15) is 0 Å². The minimum atomic E-state index is -0.816. The molecule has 0 aromatic heterocycles. The first kappa shape index (κ1) is 65.3. The molecule has 6 heteroatoms. The largest absolute Gasteiger partial charge is 0.462 e. The monoisotopic (exact) mass is 959 g/mol. The first-order valence-corrected chi connectivity index (χ1v) is 28.7. The van der Waals surface area contributed by atoms with Crippen LogP contribution in [-0.4, -0.2) is 37.2 Å². The summed E-state index contributed by atoms with van der Waals surface area (Å²) in [4.78, 5) is 38.1. The molecule has 0 spiro atoms. The van der Waals surface area contributed by atoms with E-state index < -0.39 is 6.10 Å². The second-order valence-electron chi connectivity index (χ2n) is 18.8. The summed E-state index contributed by atoms with van der Waals surface area (Å²) >= 11 is 0. The van der Waals surface area contributed by atoms with Gasteiger partial charge in [-0.25, -0.2) is 0 Å². The van der Waals surface area contributed by atoms with E-state index in [2.05, 4.69) is 118 Å². The smallest absolute Gasteiger partial charge is 0.306 e. The van der Waals surface area contributed by atoms with Gasteiger partial charge in [0, 0.05) is 19.3 Å². The van der Waals surface area contributed by atoms with Gasteiger partial charge in [-0.1, -0.05) is 221 Å². The van der Waals surface area contributed by atoms with E-state index in [0.29, 0.717) is 19.3 Å². The summed E-state index contributed by atoms with van der Waals surface area (Å²) in [6, 6.07) is 0. The predicted octanol–water partition coefficient (Wildman–Crippen LogP) is 19.3. The Morgan fingerprint density at radius 3 is 0.899 bits per heavy atom. The first-order chi connectivity index (χ1) is 34.0. The van der Waals surface area contributed by atoms with E-state index in [4.69, 9.17) is 14.2 Å². The van der Waals surface area contributed by atoms with E-state index in [0.717, 1.165) is 103 Å². The van der Waals surface area contributed by atoms with Crippen molar-refractivity contribution in [1.29, 1.82) is 0 Å².